The van der Waals surface area contributed by atoms with Crippen molar-refractivity contribution >= 4 is 17.5 Å². The molecule has 132 valence electrons. The summed E-state index contributed by atoms with van der Waals surface area (Å²) < 4.78 is 0. The Labute approximate surface area is 150 Å². The summed E-state index contributed by atoms with van der Waals surface area (Å²) in [4.78, 5) is 23.9. The zero-order chi connectivity index (χ0) is 18.4. The number of anilines is 2. The van der Waals surface area contributed by atoms with Gasteiger partial charge in [0.05, 0.1) is 16.3 Å². The summed E-state index contributed by atoms with van der Waals surface area (Å²) in [7, 11) is 0. The minimum Gasteiger partial charge on any atom is -0.366 e. The van der Waals surface area contributed by atoms with Crippen LogP contribution < -0.4 is 10.6 Å². The number of pyridine rings is 1. The number of nitro benzene ring substituents is 1. The molecule has 0 bridgehead atoms. The van der Waals surface area contributed by atoms with Crippen molar-refractivity contribution in [3.63, 3.8) is 0 Å². The molecule has 3 aromatic rings. The lowest BCUT2D eigenvalue weighted by Crippen LogP contribution is -2.08. The van der Waals surface area contributed by atoms with E-state index >= 15 is 0 Å². The van der Waals surface area contributed by atoms with E-state index in [1.807, 2.05) is 25.1 Å². The summed E-state index contributed by atoms with van der Waals surface area (Å²) >= 11 is 0. The first kappa shape index (κ1) is 17.3. The molecule has 0 aliphatic heterocycles. The molecule has 0 fully saturated rings. The number of rotatable bonds is 7. The van der Waals surface area contributed by atoms with Crippen LogP contribution in [0.1, 0.15) is 12.5 Å². The van der Waals surface area contributed by atoms with E-state index in [4.69, 9.17) is 0 Å². The molecule has 0 aliphatic rings. The van der Waals surface area contributed by atoms with Crippen molar-refractivity contribution in [2.45, 2.75) is 13.5 Å². The van der Waals surface area contributed by atoms with Crippen LogP contribution in [0.25, 0.3) is 11.4 Å². The van der Waals surface area contributed by atoms with Crippen LogP contribution in [0, 0.1) is 10.1 Å². The number of nitrogens with one attached hydrogen (secondary N) is 2. The maximum absolute atomic E-state index is 11.1. The predicted molar refractivity (Wildman–Crippen MR) is 99.8 cm³/mol. The van der Waals surface area contributed by atoms with Crippen molar-refractivity contribution in [1.82, 2.24) is 15.0 Å². The highest BCUT2D eigenvalue weighted by Crippen LogP contribution is 2.22. The highest BCUT2D eigenvalue weighted by Gasteiger charge is 2.13. The average molecular weight is 350 g/mol. The van der Waals surface area contributed by atoms with E-state index in [9.17, 15) is 10.1 Å². The molecule has 0 unspecified atom stereocenters. The predicted octanol–water partition coefficient (Wildman–Crippen LogP) is 3.49. The van der Waals surface area contributed by atoms with Gasteiger partial charge in [-0.3, -0.25) is 15.1 Å². The summed E-state index contributed by atoms with van der Waals surface area (Å²) in [5.74, 6) is 1.04. The Morgan fingerprint density at radius 1 is 1.04 bits per heavy atom. The molecule has 8 heteroatoms. The van der Waals surface area contributed by atoms with Gasteiger partial charge < -0.3 is 10.6 Å². The number of aromatic nitrogens is 3. The molecule has 0 saturated heterocycles. The fourth-order valence-corrected chi connectivity index (χ4v) is 2.44. The van der Waals surface area contributed by atoms with Crippen molar-refractivity contribution in [2.24, 2.45) is 0 Å². The molecule has 0 amide bonds. The Hall–Kier alpha value is -3.55. The molecule has 0 saturated carbocycles. The first-order valence-electron chi connectivity index (χ1n) is 8.18. The van der Waals surface area contributed by atoms with Crippen molar-refractivity contribution in [2.75, 3.05) is 17.2 Å². The Morgan fingerprint density at radius 2 is 1.85 bits per heavy atom. The normalized spacial score (nSPS) is 10.3. The molecule has 3 rings (SSSR count). The third kappa shape index (κ3) is 4.10. The van der Waals surface area contributed by atoms with Crippen LogP contribution in [0.3, 0.4) is 0 Å². The largest absolute Gasteiger partial charge is 0.366 e. The smallest absolute Gasteiger partial charge is 0.274 e. The molecule has 0 radical (unpaired) electrons. The summed E-state index contributed by atoms with van der Waals surface area (Å²) in [6.45, 7) is 2.91. The zero-order valence-electron chi connectivity index (χ0n) is 14.2. The maximum Gasteiger partial charge on any atom is 0.274 e. The van der Waals surface area contributed by atoms with Gasteiger partial charge in [-0.15, -0.1) is 0 Å². The second kappa shape index (κ2) is 8.02. The van der Waals surface area contributed by atoms with Gasteiger partial charge in [0, 0.05) is 37.0 Å². The SMILES string of the molecule is CCNc1nc(NCc2ccccc2[N+](=O)[O-])cc(-c2ccccn2)n1. The van der Waals surface area contributed by atoms with Crippen molar-refractivity contribution in [1.29, 1.82) is 0 Å². The van der Waals surface area contributed by atoms with Gasteiger partial charge in [-0.25, -0.2) is 4.98 Å². The number of nitro groups is 1. The summed E-state index contributed by atoms with van der Waals surface area (Å²) in [5, 5.41) is 17.4. The van der Waals surface area contributed by atoms with Crippen LogP contribution in [0.15, 0.2) is 54.7 Å². The van der Waals surface area contributed by atoms with Crippen LogP contribution in [0.4, 0.5) is 17.5 Å². The molecule has 0 aliphatic carbocycles. The molecule has 26 heavy (non-hydrogen) atoms. The molecule has 2 aromatic heterocycles. The van der Waals surface area contributed by atoms with Crippen LogP contribution in [-0.2, 0) is 6.54 Å². The van der Waals surface area contributed by atoms with Gasteiger partial charge in [0.2, 0.25) is 5.95 Å². The van der Waals surface area contributed by atoms with E-state index < -0.39 is 0 Å². The highest BCUT2D eigenvalue weighted by atomic mass is 16.6. The quantitative estimate of drug-likeness (QED) is 0.496. The maximum atomic E-state index is 11.1. The third-order valence-electron chi connectivity index (χ3n) is 3.64. The van der Waals surface area contributed by atoms with Crippen LogP contribution in [0.2, 0.25) is 0 Å². The molecular formula is C18H18N6O2. The van der Waals surface area contributed by atoms with Crippen molar-refractivity contribution < 1.29 is 4.92 Å². The van der Waals surface area contributed by atoms with E-state index in [0.29, 0.717) is 29.6 Å². The number of hydrogen-bond donors (Lipinski definition) is 2. The van der Waals surface area contributed by atoms with E-state index in [2.05, 4.69) is 25.6 Å². The molecule has 1 aromatic carbocycles. The van der Waals surface area contributed by atoms with Gasteiger partial charge in [0.25, 0.3) is 5.69 Å². The lowest BCUT2D eigenvalue weighted by Gasteiger charge is -2.10. The molecule has 2 heterocycles. The van der Waals surface area contributed by atoms with Gasteiger partial charge >= 0.3 is 0 Å². The average Bonchev–Trinajstić information content (AvgIpc) is 2.67. The van der Waals surface area contributed by atoms with Gasteiger partial charge in [0.15, 0.2) is 0 Å². The van der Waals surface area contributed by atoms with E-state index in [1.165, 1.54) is 6.07 Å². The van der Waals surface area contributed by atoms with E-state index in [1.54, 1.807) is 30.5 Å². The van der Waals surface area contributed by atoms with Crippen molar-refractivity contribution in [3.05, 3.63) is 70.4 Å². The number of nitrogens with zero attached hydrogens (tertiary/aromatic N) is 4. The second-order valence-electron chi connectivity index (χ2n) is 5.45. The van der Waals surface area contributed by atoms with E-state index in [-0.39, 0.29) is 17.2 Å². The van der Waals surface area contributed by atoms with Gasteiger partial charge in [0.1, 0.15) is 5.82 Å². The van der Waals surface area contributed by atoms with Crippen LogP contribution >= 0.6 is 0 Å². The zero-order valence-corrected chi connectivity index (χ0v) is 14.2. The third-order valence-corrected chi connectivity index (χ3v) is 3.64. The summed E-state index contributed by atoms with van der Waals surface area (Å²) in [6, 6.07) is 14.0. The second-order valence-corrected chi connectivity index (χ2v) is 5.45. The minimum atomic E-state index is -0.389. The first-order valence-corrected chi connectivity index (χ1v) is 8.18. The van der Waals surface area contributed by atoms with Gasteiger partial charge in [-0.2, -0.15) is 4.98 Å². The monoisotopic (exact) mass is 350 g/mol. The number of hydrogen-bond acceptors (Lipinski definition) is 7. The molecular weight excluding hydrogens is 332 g/mol. The Kier molecular flexibility index (Phi) is 5.33. The highest BCUT2D eigenvalue weighted by molar-refractivity contribution is 5.61. The fourth-order valence-electron chi connectivity index (χ4n) is 2.44. The molecule has 0 atom stereocenters. The summed E-state index contributed by atoms with van der Waals surface area (Å²) in [5.41, 5.74) is 2.05. The van der Waals surface area contributed by atoms with Gasteiger partial charge in [-0.1, -0.05) is 24.3 Å². The Morgan fingerprint density at radius 3 is 2.58 bits per heavy atom. The Bertz CT molecular complexity index is 901. The minimum absolute atomic E-state index is 0.0749. The lowest BCUT2D eigenvalue weighted by atomic mass is 10.2. The van der Waals surface area contributed by atoms with Gasteiger partial charge in [-0.05, 0) is 19.1 Å². The topological polar surface area (TPSA) is 106 Å². The first-order chi connectivity index (χ1) is 12.7. The van der Waals surface area contributed by atoms with Crippen molar-refractivity contribution in [3.8, 4) is 11.4 Å². The summed E-state index contributed by atoms with van der Waals surface area (Å²) in [6.07, 6.45) is 1.70. The van der Waals surface area contributed by atoms with E-state index in [0.717, 1.165) is 5.69 Å². The number of benzene rings is 1. The Balaban J connectivity index is 1.88. The van der Waals surface area contributed by atoms with Crippen LogP contribution in [-0.4, -0.2) is 26.4 Å². The molecule has 2 N–H and O–H groups in total. The fraction of sp³-hybridized carbons (Fsp3) is 0.167. The number of para-hydroxylation sites is 1. The molecule has 8 nitrogen and oxygen atoms in total. The van der Waals surface area contributed by atoms with Crippen LogP contribution in [0.5, 0.6) is 0 Å². The lowest BCUT2D eigenvalue weighted by molar-refractivity contribution is -0.385. The standard InChI is InChI=1S/C18H18N6O2/c1-2-19-18-22-15(14-8-5-6-10-20-14)11-17(23-18)21-12-13-7-3-4-9-16(13)24(25)26/h3-11H,2,12H2,1H3,(H2,19,21,22,23). The molecule has 0 spiro atoms.